The van der Waals surface area contributed by atoms with Gasteiger partial charge < -0.3 is 50.3 Å². The molecule has 1 saturated heterocycles. The van der Waals surface area contributed by atoms with E-state index in [2.05, 4.69) is 79.1 Å². The van der Waals surface area contributed by atoms with Crippen LogP contribution >= 0.6 is 11.3 Å². The molecule has 94 heavy (non-hydrogen) atoms. The molecule has 1 aliphatic heterocycles. The summed E-state index contributed by atoms with van der Waals surface area (Å²) in [4.78, 5) is 78.0. The van der Waals surface area contributed by atoms with Gasteiger partial charge in [0.1, 0.15) is 29.0 Å². The molecule has 2 aliphatic carbocycles. The minimum atomic E-state index is -2.00. The molecule has 7 N–H and O–H groups in total. The minimum Gasteiger partial charge on any atom is -0.483 e. The van der Waals surface area contributed by atoms with Crippen LogP contribution in [0.4, 0.5) is 4.39 Å². The van der Waals surface area contributed by atoms with Crippen LogP contribution < -0.4 is 31.5 Å². The normalized spacial score (nSPS) is 17.8. The number of amides is 5. The second-order valence-electron chi connectivity index (χ2n) is 26.5. The van der Waals surface area contributed by atoms with E-state index in [4.69, 9.17) is 9.72 Å². The van der Waals surface area contributed by atoms with Crippen molar-refractivity contribution in [3.05, 3.63) is 143 Å². The molecule has 3 fully saturated rings. The number of aliphatic hydroxyl groups is 2. The Hall–Kier alpha value is -8.51. The Morgan fingerprint density at radius 3 is 2.16 bits per heavy atom. The maximum Gasteiger partial charge on any atom is 0.258 e. The number of carbonyl (C=O) groups excluding carboxylic acids is 5. The molecule has 0 radical (unpaired) electrons. The summed E-state index contributed by atoms with van der Waals surface area (Å²) < 4.78 is 25.1. The standard InChI is InChI=1S/C74H89FN10O8S/c1-49-66(94-48-81-49)54-30-31-55(43-79-70(90)59-42-58(87)45-83(59)71(91)67(73(2,3)4)82-72(92)74(75)36-37-74)60(41-54)93-46-62(89)78-39-20-10-6-5-9-19-38-77-61(88)29-18-8-7-13-22-50-23-21-24-51(40-50)44-84-65(53-27-16-12-17-28-53)63(52-25-14-11-15-26-52)64-68(76)85(47-80-69(64)84)56-32-34-57(86)35-33-56/h11-12,14-17,21,23-28,30-31,40-41,47-48,56-59,67,76,86-87H,5-10,18-20,29,32-39,42-46H2,1-4H3,(H,77,88)(H,78,89)(H,79,90)(H,82,92)/t56?,57?,58-,59+,67-/m1/s1. The van der Waals surface area contributed by atoms with Crippen LogP contribution in [0, 0.1) is 29.6 Å². The van der Waals surface area contributed by atoms with E-state index in [1.165, 1.54) is 16.2 Å². The van der Waals surface area contributed by atoms with Gasteiger partial charge in [-0.1, -0.05) is 143 Å². The second kappa shape index (κ2) is 31.6. The molecule has 3 atom stereocenters. The molecule has 3 aliphatic rings. The number of aliphatic hydroxyl groups excluding tert-OH is 2. The molecule has 18 nitrogen and oxygen atoms in total. The summed E-state index contributed by atoms with van der Waals surface area (Å²) in [6.45, 7) is 8.40. The van der Waals surface area contributed by atoms with Crippen LogP contribution in [0.5, 0.6) is 5.75 Å². The van der Waals surface area contributed by atoms with Crippen molar-refractivity contribution in [1.29, 1.82) is 5.41 Å². The monoisotopic (exact) mass is 1300 g/mol. The van der Waals surface area contributed by atoms with Gasteiger partial charge >= 0.3 is 0 Å². The number of thiazole rings is 1. The van der Waals surface area contributed by atoms with Gasteiger partial charge in [-0.25, -0.2) is 14.4 Å². The van der Waals surface area contributed by atoms with E-state index >= 15 is 0 Å². The molecule has 0 bridgehead atoms. The van der Waals surface area contributed by atoms with E-state index < -0.39 is 47.0 Å². The maximum absolute atomic E-state index is 14.7. The van der Waals surface area contributed by atoms with Crippen molar-refractivity contribution in [3.63, 3.8) is 0 Å². The van der Waals surface area contributed by atoms with Gasteiger partial charge in [0.25, 0.3) is 11.8 Å². The van der Waals surface area contributed by atoms with E-state index in [1.807, 2.05) is 84.5 Å². The molecule has 3 aromatic heterocycles. The molecule has 496 valence electrons. The number of unbranched alkanes of at least 4 members (excludes halogenated alkanes) is 7. The van der Waals surface area contributed by atoms with Crippen molar-refractivity contribution in [2.24, 2.45) is 5.41 Å². The zero-order valence-corrected chi connectivity index (χ0v) is 55.3. The number of likely N-dealkylation sites (tertiary alicyclic amines) is 1. The molecule has 2 saturated carbocycles. The number of hydrogen-bond acceptors (Lipinski definition) is 12. The van der Waals surface area contributed by atoms with E-state index in [1.54, 1.807) is 26.3 Å². The lowest BCUT2D eigenvalue weighted by molar-refractivity contribution is -0.145. The zero-order valence-electron chi connectivity index (χ0n) is 54.5. The van der Waals surface area contributed by atoms with E-state index in [-0.39, 0.29) is 62.9 Å². The van der Waals surface area contributed by atoms with E-state index in [9.17, 15) is 44.0 Å². The molecule has 0 spiro atoms. The Morgan fingerprint density at radius 1 is 0.787 bits per heavy atom. The molecule has 0 unspecified atom stereocenters. The lowest BCUT2D eigenvalue weighted by Gasteiger charge is -2.35. The van der Waals surface area contributed by atoms with Crippen LogP contribution in [0.1, 0.15) is 158 Å². The van der Waals surface area contributed by atoms with Crippen LogP contribution in [-0.2, 0) is 37.1 Å². The Labute approximate surface area is 554 Å². The number of fused-ring (bicyclic) bond motifs is 1. The number of β-amino-alcohol motifs (C(OH)–C–C–N with tert-alkyl or cyclic N) is 1. The smallest absolute Gasteiger partial charge is 0.258 e. The largest absolute Gasteiger partial charge is 0.483 e. The summed E-state index contributed by atoms with van der Waals surface area (Å²) in [5, 5.41) is 43.0. The Balaban J connectivity index is 0.625. The summed E-state index contributed by atoms with van der Waals surface area (Å²) in [7, 11) is 0. The summed E-state index contributed by atoms with van der Waals surface area (Å²) in [5.74, 6) is 4.91. The second-order valence-corrected chi connectivity index (χ2v) is 27.3. The van der Waals surface area contributed by atoms with Crippen molar-refractivity contribution in [3.8, 4) is 50.4 Å². The lowest BCUT2D eigenvalue weighted by atomic mass is 9.85. The van der Waals surface area contributed by atoms with Gasteiger partial charge in [0, 0.05) is 74.7 Å². The number of carbonyl (C=O) groups is 5. The lowest BCUT2D eigenvalue weighted by Crippen LogP contribution is -2.59. The molecular formula is C74H89FN10O8S. The van der Waals surface area contributed by atoms with Crippen molar-refractivity contribution < 1.29 is 43.3 Å². The van der Waals surface area contributed by atoms with E-state index in [0.717, 1.165) is 125 Å². The van der Waals surface area contributed by atoms with Crippen molar-refractivity contribution in [2.45, 2.75) is 186 Å². The molecule has 10 rings (SSSR count). The Morgan fingerprint density at radius 2 is 1.48 bits per heavy atom. The molecule has 20 heteroatoms. The fourth-order valence-electron chi connectivity index (χ4n) is 12.7. The fourth-order valence-corrected chi connectivity index (χ4v) is 13.5. The van der Waals surface area contributed by atoms with Crippen LogP contribution in [0.15, 0.2) is 115 Å². The summed E-state index contributed by atoms with van der Waals surface area (Å²) >= 11 is 1.47. The third-order valence-corrected chi connectivity index (χ3v) is 19.1. The third-order valence-electron chi connectivity index (χ3n) is 18.1. The molecule has 4 heterocycles. The van der Waals surface area contributed by atoms with Gasteiger partial charge in [-0.2, -0.15) is 0 Å². The summed E-state index contributed by atoms with van der Waals surface area (Å²) in [6.07, 6.45) is 12.0. The van der Waals surface area contributed by atoms with Gasteiger partial charge in [0.2, 0.25) is 17.7 Å². The van der Waals surface area contributed by atoms with Crippen LogP contribution in [0.3, 0.4) is 0 Å². The van der Waals surface area contributed by atoms with Crippen molar-refractivity contribution >= 4 is 51.9 Å². The van der Waals surface area contributed by atoms with E-state index in [0.29, 0.717) is 62.1 Å². The molecular weight excluding hydrogens is 1210 g/mol. The first-order valence-corrected chi connectivity index (χ1v) is 34.2. The Kier molecular flexibility index (Phi) is 23.0. The van der Waals surface area contributed by atoms with Crippen LogP contribution in [0.25, 0.3) is 43.9 Å². The first-order valence-electron chi connectivity index (χ1n) is 33.4. The quantitative estimate of drug-likeness (QED) is 0.0181. The number of hydrogen-bond donors (Lipinski definition) is 7. The highest BCUT2D eigenvalue weighted by Crippen LogP contribution is 2.42. The first kappa shape index (κ1) is 68.4. The van der Waals surface area contributed by atoms with Gasteiger partial charge in [0.15, 0.2) is 12.3 Å². The van der Waals surface area contributed by atoms with Gasteiger partial charge in [0.05, 0.1) is 45.7 Å². The van der Waals surface area contributed by atoms with Crippen molar-refractivity contribution in [2.75, 3.05) is 26.2 Å². The number of rotatable bonds is 28. The number of aryl methyl sites for hydroxylation is 1. The summed E-state index contributed by atoms with van der Waals surface area (Å²) in [5.41, 5.74) is 8.40. The molecule has 7 aromatic rings. The van der Waals surface area contributed by atoms with Gasteiger partial charge in [-0.05, 0) is 117 Å². The highest BCUT2D eigenvalue weighted by molar-refractivity contribution is 7.13. The van der Waals surface area contributed by atoms with Crippen LogP contribution in [0.2, 0.25) is 0 Å². The van der Waals surface area contributed by atoms with Gasteiger partial charge in [-0.3, -0.25) is 29.4 Å². The average Bonchev–Trinajstić information content (AvgIpc) is 1.57. The molecule has 5 amide bonds. The highest BCUT2D eigenvalue weighted by atomic mass is 32.1. The number of halogens is 1. The number of ether oxygens (including phenoxy) is 1. The predicted molar refractivity (Wildman–Crippen MR) is 363 cm³/mol. The maximum atomic E-state index is 14.7. The topological polar surface area (TPSA) is 246 Å². The van der Waals surface area contributed by atoms with Crippen molar-refractivity contribution in [1.82, 2.24) is 45.3 Å². The zero-order chi connectivity index (χ0) is 66.4. The number of benzene rings is 4. The highest BCUT2D eigenvalue weighted by Gasteiger charge is 2.53. The number of alkyl halides is 1. The SMILES string of the molecule is Cc1ncsc1-c1ccc(CNC(=O)[C@@H]2C[C@@H](O)CN2C(=O)[C@@H](NC(=O)C2(F)CC2)C(C)(C)C)c(OCC(=O)NCCCCCCCCNC(=O)CCCCC#Cc2cccc(Cn3c(-c4ccccc4)c(-c4ccccc4)c4c(=N)n(C5CCC(O)CC5)cnc43)c2)c1. The predicted octanol–water partition coefficient (Wildman–Crippen LogP) is 10.8. The molecule has 4 aromatic carbocycles. The Bertz CT molecular complexity index is 3910. The minimum absolute atomic E-state index is 0.00695. The number of aromatic nitrogens is 4. The van der Waals surface area contributed by atoms with Gasteiger partial charge in [-0.15, -0.1) is 11.3 Å². The number of nitrogens with one attached hydrogen (secondary N) is 5. The fraction of sp³-hybridized carbons (Fsp3) is 0.459. The first-order chi connectivity index (χ1) is 45.3. The summed E-state index contributed by atoms with van der Waals surface area (Å²) in [6, 6.07) is 32.4. The van der Waals surface area contributed by atoms with Crippen LogP contribution in [-0.4, -0.2) is 120 Å². The average molecular weight is 1300 g/mol. The third kappa shape index (κ3) is 17.4. The number of nitrogens with zero attached hydrogens (tertiary/aromatic N) is 5.